The Balaban J connectivity index is 1.61. The van der Waals surface area contributed by atoms with Crippen LogP contribution in [0.15, 0.2) is 37.3 Å². The molecule has 0 amide bonds. The highest BCUT2D eigenvalue weighted by Gasteiger charge is 2.54. The van der Waals surface area contributed by atoms with E-state index in [1.165, 1.54) is 23.0 Å². The standard InChI is InChI=1S/C21H21FN6O2/c1-10(11(2)23)18-15(6-13(22)7-24-18)19-14-5-12(14)9-27(19)17-3-4-28-20(26-17)16(8-25-28)21(29)30/h3-4,6-8,11-12,14,19H,1,5,9,23H2,2H3,(H,29,30)/t11-,12?,14?,19?/m1/s1. The highest BCUT2D eigenvalue weighted by molar-refractivity contribution is 5.94. The number of hydrogen-bond donors (Lipinski definition) is 2. The first kappa shape index (κ1) is 18.7. The number of carbonyl (C=O) groups is 1. The number of carboxylic acids is 1. The van der Waals surface area contributed by atoms with Crippen LogP contribution >= 0.6 is 0 Å². The van der Waals surface area contributed by atoms with Crippen LogP contribution in [0.1, 0.15) is 41.0 Å². The van der Waals surface area contributed by atoms with Crippen LogP contribution < -0.4 is 10.6 Å². The number of aromatic nitrogens is 4. The van der Waals surface area contributed by atoms with Crippen LogP contribution in [-0.4, -0.2) is 43.2 Å². The van der Waals surface area contributed by atoms with Gasteiger partial charge in [-0.15, -0.1) is 0 Å². The Labute approximate surface area is 171 Å². The highest BCUT2D eigenvalue weighted by atomic mass is 19.1. The maximum absolute atomic E-state index is 14.2. The summed E-state index contributed by atoms with van der Waals surface area (Å²) in [4.78, 5) is 22.5. The molecule has 30 heavy (non-hydrogen) atoms. The second-order valence-electron chi connectivity index (χ2n) is 8.08. The van der Waals surface area contributed by atoms with Gasteiger partial charge in [0.2, 0.25) is 0 Å². The summed E-state index contributed by atoms with van der Waals surface area (Å²) in [6.45, 7) is 6.65. The Morgan fingerprint density at radius 1 is 1.43 bits per heavy atom. The molecule has 4 atom stereocenters. The average Bonchev–Trinajstić information content (AvgIpc) is 3.18. The average molecular weight is 408 g/mol. The van der Waals surface area contributed by atoms with E-state index in [9.17, 15) is 14.3 Å². The molecule has 2 aliphatic rings. The molecule has 3 unspecified atom stereocenters. The second-order valence-corrected chi connectivity index (χ2v) is 8.08. The lowest BCUT2D eigenvalue weighted by Gasteiger charge is -2.30. The molecule has 0 bridgehead atoms. The zero-order valence-electron chi connectivity index (χ0n) is 16.4. The van der Waals surface area contributed by atoms with Crippen molar-refractivity contribution in [1.82, 2.24) is 19.6 Å². The highest BCUT2D eigenvalue weighted by Crippen LogP contribution is 2.58. The first-order valence-corrected chi connectivity index (χ1v) is 9.79. The molecule has 1 aliphatic carbocycles. The van der Waals surface area contributed by atoms with Gasteiger partial charge in [0.1, 0.15) is 17.2 Å². The van der Waals surface area contributed by atoms with Gasteiger partial charge in [0, 0.05) is 24.3 Å². The number of fused-ring (bicyclic) bond motifs is 2. The lowest BCUT2D eigenvalue weighted by molar-refractivity contribution is 0.0698. The van der Waals surface area contributed by atoms with Crippen LogP contribution in [0.3, 0.4) is 0 Å². The molecule has 8 nitrogen and oxygen atoms in total. The predicted molar refractivity (Wildman–Crippen MR) is 109 cm³/mol. The van der Waals surface area contributed by atoms with E-state index in [0.29, 0.717) is 28.9 Å². The van der Waals surface area contributed by atoms with E-state index in [2.05, 4.69) is 26.5 Å². The molecule has 3 N–H and O–H groups in total. The van der Waals surface area contributed by atoms with E-state index in [1.807, 2.05) is 6.92 Å². The van der Waals surface area contributed by atoms with Gasteiger partial charge in [-0.05, 0) is 42.9 Å². The van der Waals surface area contributed by atoms with Crippen molar-refractivity contribution < 1.29 is 14.3 Å². The van der Waals surface area contributed by atoms with Crippen LogP contribution in [0, 0.1) is 17.7 Å². The SMILES string of the molecule is C=C(c1ncc(F)cc1C1C2CC2CN1c1ccn2ncc(C(=O)O)c2n1)[C@@H](C)N. The third-order valence-corrected chi connectivity index (χ3v) is 6.09. The molecule has 3 aromatic heterocycles. The van der Waals surface area contributed by atoms with E-state index in [-0.39, 0.29) is 23.3 Å². The van der Waals surface area contributed by atoms with Gasteiger partial charge in [0.25, 0.3) is 0 Å². The lowest BCUT2D eigenvalue weighted by atomic mass is 9.94. The van der Waals surface area contributed by atoms with Crippen LogP contribution in [0.4, 0.5) is 10.2 Å². The number of aromatic carboxylic acids is 1. The fourth-order valence-corrected chi connectivity index (χ4v) is 4.43. The number of carboxylic acid groups (broad SMARTS) is 1. The quantitative estimate of drug-likeness (QED) is 0.667. The first-order valence-electron chi connectivity index (χ1n) is 9.79. The van der Waals surface area contributed by atoms with Crippen molar-refractivity contribution in [2.75, 3.05) is 11.4 Å². The summed E-state index contributed by atoms with van der Waals surface area (Å²) in [5, 5.41) is 13.5. The molecule has 5 rings (SSSR count). The molecule has 2 fully saturated rings. The fraction of sp³-hybridized carbons (Fsp3) is 0.333. The van der Waals surface area contributed by atoms with E-state index in [1.54, 1.807) is 12.3 Å². The topological polar surface area (TPSA) is 110 Å². The van der Waals surface area contributed by atoms with Gasteiger partial charge in [-0.25, -0.2) is 18.7 Å². The number of pyridine rings is 1. The zero-order chi connectivity index (χ0) is 21.2. The van der Waals surface area contributed by atoms with Gasteiger partial charge in [-0.1, -0.05) is 6.58 Å². The van der Waals surface area contributed by atoms with Crippen LogP contribution in [0.2, 0.25) is 0 Å². The Kier molecular flexibility index (Phi) is 4.11. The Hall–Kier alpha value is -3.33. The molecule has 0 spiro atoms. The third kappa shape index (κ3) is 2.85. The number of halogens is 1. The maximum atomic E-state index is 14.2. The van der Waals surface area contributed by atoms with Gasteiger partial charge >= 0.3 is 5.97 Å². The summed E-state index contributed by atoms with van der Waals surface area (Å²) in [6, 6.07) is 2.87. The summed E-state index contributed by atoms with van der Waals surface area (Å²) >= 11 is 0. The minimum Gasteiger partial charge on any atom is -0.477 e. The van der Waals surface area contributed by atoms with Crippen LogP contribution in [-0.2, 0) is 0 Å². The first-order chi connectivity index (χ1) is 14.3. The molecule has 3 aromatic rings. The number of rotatable bonds is 5. The minimum absolute atomic E-state index is 0.0381. The molecular formula is C21H21FN6O2. The van der Waals surface area contributed by atoms with Crippen molar-refractivity contribution in [2.45, 2.75) is 25.4 Å². The lowest BCUT2D eigenvalue weighted by Crippen LogP contribution is -2.29. The van der Waals surface area contributed by atoms with Crippen molar-refractivity contribution >= 4 is 23.0 Å². The van der Waals surface area contributed by atoms with Crippen molar-refractivity contribution in [3.8, 4) is 0 Å². The van der Waals surface area contributed by atoms with Crippen LogP contribution in [0.25, 0.3) is 11.2 Å². The summed E-state index contributed by atoms with van der Waals surface area (Å²) in [5.74, 6) is -0.0287. The Bertz CT molecular complexity index is 1190. The summed E-state index contributed by atoms with van der Waals surface area (Å²) < 4.78 is 15.6. The van der Waals surface area contributed by atoms with E-state index < -0.39 is 11.8 Å². The van der Waals surface area contributed by atoms with Crippen LogP contribution in [0.5, 0.6) is 0 Å². The third-order valence-electron chi connectivity index (χ3n) is 6.09. The van der Waals surface area contributed by atoms with Crippen molar-refractivity contribution in [1.29, 1.82) is 0 Å². The molecule has 1 aliphatic heterocycles. The second kappa shape index (κ2) is 6.60. The van der Waals surface area contributed by atoms with E-state index >= 15 is 0 Å². The molecular weight excluding hydrogens is 387 g/mol. The van der Waals surface area contributed by atoms with Gasteiger partial charge in [-0.3, -0.25) is 4.98 Å². The molecule has 154 valence electrons. The zero-order valence-corrected chi connectivity index (χ0v) is 16.4. The number of nitrogens with zero attached hydrogens (tertiary/aromatic N) is 5. The van der Waals surface area contributed by atoms with E-state index in [0.717, 1.165) is 18.5 Å². The molecule has 0 aromatic carbocycles. The van der Waals surface area contributed by atoms with Gasteiger partial charge in [-0.2, -0.15) is 5.10 Å². The summed E-state index contributed by atoms with van der Waals surface area (Å²) in [5.41, 5.74) is 8.36. The Morgan fingerprint density at radius 2 is 2.23 bits per heavy atom. The molecule has 0 radical (unpaired) electrons. The largest absolute Gasteiger partial charge is 0.477 e. The summed E-state index contributed by atoms with van der Waals surface area (Å²) in [6.07, 6.45) is 5.22. The van der Waals surface area contributed by atoms with Crippen molar-refractivity contribution in [3.63, 3.8) is 0 Å². The normalized spacial score (nSPS) is 23.4. The smallest absolute Gasteiger partial charge is 0.341 e. The van der Waals surface area contributed by atoms with Gasteiger partial charge < -0.3 is 15.7 Å². The van der Waals surface area contributed by atoms with Gasteiger partial charge in [0.05, 0.1) is 24.1 Å². The predicted octanol–water partition coefficient (Wildman–Crippen LogP) is 2.52. The maximum Gasteiger partial charge on any atom is 0.341 e. The molecule has 4 heterocycles. The van der Waals surface area contributed by atoms with Crippen molar-refractivity contribution in [3.05, 3.63) is 59.9 Å². The van der Waals surface area contributed by atoms with Gasteiger partial charge in [0.15, 0.2) is 5.65 Å². The molecule has 1 saturated heterocycles. The number of anilines is 1. The molecule has 1 saturated carbocycles. The monoisotopic (exact) mass is 408 g/mol. The number of hydrogen-bond acceptors (Lipinski definition) is 6. The summed E-state index contributed by atoms with van der Waals surface area (Å²) in [7, 11) is 0. The number of nitrogens with two attached hydrogens (primary N) is 1. The molecule has 9 heteroatoms. The Morgan fingerprint density at radius 3 is 2.97 bits per heavy atom. The van der Waals surface area contributed by atoms with Crippen molar-refractivity contribution in [2.24, 2.45) is 17.6 Å². The fourth-order valence-electron chi connectivity index (χ4n) is 4.43. The minimum atomic E-state index is -1.08. The number of piperidine rings is 1. The van der Waals surface area contributed by atoms with E-state index in [4.69, 9.17) is 5.73 Å².